The molecule has 2 N–H and O–H groups in total. The van der Waals surface area contributed by atoms with Gasteiger partial charge in [0.2, 0.25) is 0 Å². The fraction of sp³-hybridized carbons (Fsp3) is 0.571. The first kappa shape index (κ1) is 17.4. The summed E-state index contributed by atoms with van der Waals surface area (Å²) in [6.45, 7) is 3.73. The third kappa shape index (κ3) is 6.18. The van der Waals surface area contributed by atoms with Crippen molar-refractivity contribution in [3.63, 3.8) is 0 Å². The van der Waals surface area contributed by atoms with Gasteiger partial charge >= 0.3 is 7.12 Å². The molecule has 0 fully saturated rings. The van der Waals surface area contributed by atoms with Crippen LogP contribution in [0.4, 0.5) is 0 Å². The molecule has 0 aliphatic heterocycles. The summed E-state index contributed by atoms with van der Waals surface area (Å²) in [6.07, 6.45) is 3.31. The summed E-state index contributed by atoms with van der Waals surface area (Å²) in [5.41, 5.74) is 0.472. The van der Waals surface area contributed by atoms with Crippen molar-refractivity contribution in [1.29, 1.82) is 0 Å². The molecule has 0 aliphatic rings. The predicted molar refractivity (Wildman–Crippen MR) is 86.9 cm³/mol. The highest BCUT2D eigenvalue weighted by molar-refractivity contribution is 7.98. The van der Waals surface area contributed by atoms with Crippen molar-refractivity contribution in [2.24, 2.45) is 0 Å². The predicted octanol–water partition coefficient (Wildman–Crippen LogP) is 0.819. The van der Waals surface area contributed by atoms with Crippen LogP contribution < -0.4 is 10.2 Å². The van der Waals surface area contributed by atoms with Crippen molar-refractivity contribution >= 4 is 24.3 Å². The molecule has 0 bridgehead atoms. The molecular weight excluding hydrogens is 273 g/mol. The van der Waals surface area contributed by atoms with Gasteiger partial charge in [-0.15, -0.1) is 0 Å². The van der Waals surface area contributed by atoms with Crippen molar-refractivity contribution in [3.8, 4) is 5.75 Å². The smallest absolute Gasteiger partial charge is 0.488 e. The van der Waals surface area contributed by atoms with Crippen LogP contribution in [0.15, 0.2) is 24.3 Å². The minimum Gasteiger partial charge on any atom is -0.492 e. The number of rotatable bonds is 9. The van der Waals surface area contributed by atoms with Gasteiger partial charge in [0.05, 0.1) is 0 Å². The number of hydrogen-bond acceptors (Lipinski definition) is 5. The molecule has 1 aromatic carbocycles. The van der Waals surface area contributed by atoms with Gasteiger partial charge < -0.3 is 19.7 Å². The lowest BCUT2D eigenvalue weighted by molar-refractivity contribution is 0.197. The Bertz CT molecular complexity index is 375. The van der Waals surface area contributed by atoms with Crippen LogP contribution in [0.5, 0.6) is 5.75 Å². The summed E-state index contributed by atoms with van der Waals surface area (Å²) in [5.74, 6) is 1.93. The molecule has 0 radical (unpaired) electrons. The van der Waals surface area contributed by atoms with Crippen molar-refractivity contribution in [1.82, 2.24) is 4.90 Å². The molecule has 0 aliphatic carbocycles. The van der Waals surface area contributed by atoms with Crippen LogP contribution in [0.3, 0.4) is 0 Å². The van der Waals surface area contributed by atoms with E-state index in [4.69, 9.17) is 14.8 Å². The number of hydrogen-bond donors (Lipinski definition) is 2. The normalized spacial score (nSPS) is 12.5. The Morgan fingerprint density at radius 2 is 1.95 bits per heavy atom. The van der Waals surface area contributed by atoms with E-state index in [0.29, 0.717) is 18.1 Å². The maximum absolute atomic E-state index is 9.00. The molecule has 0 spiro atoms. The van der Waals surface area contributed by atoms with E-state index in [9.17, 15) is 0 Å². The lowest BCUT2D eigenvalue weighted by Crippen LogP contribution is -2.33. The van der Waals surface area contributed by atoms with E-state index in [1.54, 1.807) is 24.3 Å². The summed E-state index contributed by atoms with van der Waals surface area (Å²) in [7, 11) is 0.687. The van der Waals surface area contributed by atoms with Crippen molar-refractivity contribution in [2.45, 2.75) is 19.4 Å². The molecular formula is C14H24BNO3S. The van der Waals surface area contributed by atoms with Crippen molar-refractivity contribution in [2.75, 3.05) is 32.2 Å². The SMILES string of the molecule is CSCCC(C)N(C)CCOc1ccc(B(O)O)cc1. The van der Waals surface area contributed by atoms with Gasteiger partial charge in [0.1, 0.15) is 12.4 Å². The van der Waals surface area contributed by atoms with E-state index in [1.165, 1.54) is 12.2 Å². The second-order valence-corrected chi connectivity index (χ2v) is 5.89. The Hall–Kier alpha value is -0.685. The van der Waals surface area contributed by atoms with Crippen LogP contribution in [0.2, 0.25) is 0 Å². The van der Waals surface area contributed by atoms with Gasteiger partial charge in [0.15, 0.2) is 0 Å². The summed E-state index contributed by atoms with van der Waals surface area (Å²) in [4.78, 5) is 2.29. The molecule has 0 saturated heterocycles. The van der Waals surface area contributed by atoms with Gasteiger partial charge in [-0.1, -0.05) is 12.1 Å². The molecule has 6 heteroatoms. The first-order chi connectivity index (χ1) is 9.54. The zero-order valence-corrected chi connectivity index (χ0v) is 13.3. The summed E-state index contributed by atoms with van der Waals surface area (Å²) in [5, 5.41) is 18.0. The third-order valence-electron chi connectivity index (χ3n) is 3.38. The van der Waals surface area contributed by atoms with Gasteiger partial charge in [-0.05, 0) is 50.0 Å². The number of ether oxygens (including phenoxy) is 1. The average Bonchev–Trinajstić information content (AvgIpc) is 2.45. The molecule has 1 rings (SSSR count). The molecule has 1 aromatic rings. The molecule has 1 atom stereocenters. The lowest BCUT2D eigenvalue weighted by atomic mass is 9.80. The summed E-state index contributed by atoms with van der Waals surface area (Å²) >= 11 is 1.87. The lowest BCUT2D eigenvalue weighted by Gasteiger charge is -2.24. The second-order valence-electron chi connectivity index (χ2n) is 4.90. The maximum atomic E-state index is 9.00. The molecule has 20 heavy (non-hydrogen) atoms. The number of nitrogens with zero attached hydrogens (tertiary/aromatic N) is 1. The van der Waals surface area contributed by atoms with E-state index < -0.39 is 7.12 Å². The number of likely N-dealkylation sites (N-methyl/N-ethyl adjacent to an activating group) is 1. The van der Waals surface area contributed by atoms with Crippen LogP contribution >= 0.6 is 11.8 Å². The fourth-order valence-electron chi connectivity index (χ4n) is 1.77. The Labute approximate surface area is 126 Å². The van der Waals surface area contributed by atoms with Gasteiger partial charge in [-0.2, -0.15) is 11.8 Å². The Morgan fingerprint density at radius 1 is 1.30 bits per heavy atom. The standard InChI is InChI=1S/C14H24BNO3S/c1-12(8-11-20-3)16(2)9-10-19-14-6-4-13(5-7-14)15(17)18/h4-7,12,17-18H,8-11H2,1-3H3. The summed E-state index contributed by atoms with van der Waals surface area (Å²) < 4.78 is 5.66. The van der Waals surface area contributed by atoms with Crippen LogP contribution in [-0.4, -0.2) is 60.3 Å². The van der Waals surface area contributed by atoms with Gasteiger partial charge in [-0.3, -0.25) is 0 Å². The molecule has 112 valence electrons. The fourth-order valence-corrected chi connectivity index (χ4v) is 2.35. The molecule has 1 unspecified atom stereocenters. The minimum absolute atomic E-state index is 0.472. The van der Waals surface area contributed by atoms with Gasteiger partial charge in [0, 0.05) is 12.6 Å². The monoisotopic (exact) mass is 297 g/mol. The highest BCUT2D eigenvalue weighted by Gasteiger charge is 2.11. The minimum atomic E-state index is -1.42. The highest BCUT2D eigenvalue weighted by atomic mass is 32.2. The second kappa shape index (κ2) is 9.29. The highest BCUT2D eigenvalue weighted by Crippen LogP contribution is 2.09. The molecule has 0 saturated carbocycles. The van der Waals surface area contributed by atoms with Crippen LogP contribution in [-0.2, 0) is 0 Å². The average molecular weight is 297 g/mol. The van der Waals surface area contributed by atoms with E-state index in [2.05, 4.69) is 25.1 Å². The molecule has 4 nitrogen and oxygen atoms in total. The van der Waals surface area contributed by atoms with E-state index in [1.807, 2.05) is 11.8 Å². The van der Waals surface area contributed by atoms with Crippen molar-refractivity contribution < 1.29 is 14.8 Å². The van der Waals surface area contributed by atoms with E-state index >= 15 is 0 Å². The molecule has 0 amide bonds. The molecule has 0 aromatic heterocycles. The van der Waals surface area contributed by atoms with Crippen LogP contribution in [0.1, 0.15) is 13.3 Å². The van der Waals surface area contributed by atoms with Crippen LogP contribution in [0, 0.1) is 0 Å². The first-order valence-corrected chi connectivity index (χ1v) is 8.22. The quantitative estimate of drug-likeness (QED) is 0.661. The third-order valence-corrected chi connectivity index (χ3v) is 4.03. The Morgan fingerprint density at radius 3 is 2.50 bits per heavy atom. The van der Waals surface area contributed by atoms with Gasteiger partial charge in [-0.25, -0.2) is 0 Å². The maximum Gasteiger partial charge on any atom is 0.488 e. The zero-order chi connectivity index (χ0) is 15.0. The van der Waals surface area contributed by atoms with E-state index in [-0.39, 0.29) is 0 Å². The van der Waals surface area contributed by atoms with Crippen LogP contribution in [0.25, 0.3) is 0 Å². The Balaban J connectivity index is 2.29. The zero-order valence-electron chi connectivity index (χ0n) is 12.5. The largest absolute Gasteiger partial charge is 0.492 e. The van der Waals surface area contributed by atoms with E-state index in [0.717, 1.165) is 12.3 Å². The topological polar surface area (TPSA) is 52.9 Å². The summed E-state index contributed by atoms with van der Waals surface area (Å²) in [6, 6.07) is 7.38. The molecule has 0 heterocycles. The Kier molecular flexibility index (Phi) is 8.06. The van der Waals surface area contributed by atoms with Crippen molar-refractivity contribution in [3.05, 3.63) is 24.3 Å². The first-order valence-electron chi connectivity index (χ1n) is 6.82. The number of thioether (sulfide) groups is 1. The number of benzene rings is 1. The van der Waals surface area contributed by atoms with Gasteiger partial charge in [0.25, 0.3) is 0 Å².